The summed E-state index contributed by atoms with van der Waals surface area (Å²) in [7, 11) is 0. The molecule has 2 unspecified atom stereocenters. The van der Waals surface area contributed by atoms with Gasteiger partial charge in [0.1, 0.15) is 12.6 Å². The Labute approximate surface area is 128 Å². The fraction of sp³-hybridized carbons (Fsp3) is 0.769. The average molecular weight is 315 g/mol. The standard InChI is InChI=1S/C13H21N3O4S/c1-9-7-15(4-5-20-9)11(17)8-16-12(18)10(3-6-21-2)14-13(16)19/h9-10H,3-8H2,1-2H3,(H,14,19). The van der Waals surface area contributed by atoms with Crippen LogP contribution in [0.3, 0.4) is 0 Å². The number of carbonyl (C=O) groups is 3. The van der Waals surface area contributed by atoms with Crippen LogP contribution >= 0.6 is 11.8 Å². The zero-order valence-corrected chi connectivity index (χ0v) is 13.1. The molecule has 0 aliphatic carbocycles. The molecular weight excluding hydrogens is 294 g/mol. The third-order valence-electron chi connectivity index (χ3n) is 3.60. The number of nitrogens with zero attached hydrogens (tertiary/aromatic N) is 2. The van der Waals surface area contributed by atoms with Crippen LogP contribution in [0.5, 0.6) is 0 Å². The van der Waals surface area contributed by atoms with Crippen LogP contribution in [-0.4, -0.2) is 78.0 Å². The van der Waals surface area contributed by atoms with Crippen molar-refractivity contribution >= 4 is 29.6 Å². The van der Waals surface area contributed by atoms with Crippen LogP contribution in [0, 0.1) is 0 Å². The highest BCUT2D eigenvalue weighted by molar-refractivity contribution is 7.98. The summed E-state index contributed by atoms with van der Waals surface area (Å²) in [6.45, 7) is 3.20. The molecule has 2 rings (SSSR count). The van der Waals surface area contributed by atoms with E-state index in [2.05, 4.69) is 5.32 Å². The lowest BCUT2D eigenvalue weighted by atomic mass is 10.2. The Morgan fingerprint density at radius 1 is 1.48 bits per heavy atom. The first-order valence-electron chi connectivity index (χ1n) is 7.03. The Kier molecular flexibility index (Phi) is 5.46. The maximum Gasteiger partial charge on any atom is 0.325 e. The highest BCUT2D eigenvalue weighted by Crippen LogP contribution is 2.13. The van der Waals surface area contributed by atoms with E-state index in [1.165, 1.54) is 0 Å². The van der Waals surface area contributed by atoms with E-state index in [1.807, 2.05) is 13.2 Å². The maximum atomic E-state index is 12.2. The lowest BCUT2D eigenvalue weighted by Crippen LogP contribution is -2.49. The smallest absolute Gasteiger partial charge is 0.325 e. The molecule has 2 fully saturated rings. The fourth-order valence-corrected chi connectivity index (χ4v) is 2.91. The molecule has 8 heteroatoms. The minimum absolute atomic E-state index is 0.0138. The first kappa shape index (κ1) is 16.1. The van der Waals surface area contributed by atoms with Crippen LogP contribution in [0.2, 0.25) is 0 Å². The summed E-state index contributed by atoms with van der Waals surface area (Å²) in [6.07, 6.45) is 2.52. The third kappa shape index (κ3) is 3.88. The van der Waals surface area contributed by atoms with Gasteiger partial charge in [0.05, 0.1) is 12.7 Å². The molecular formula is C13H21N3O4S. The van der Waals surface area contributed by atoms with Crippen molar-refractivity contribution in [2.75, 3.05) is 38.2 Å². The van der Waals surface area contributed by atoms with E-state index in [0.717, 1.165) is 10.7 Å². The van der Waals surface area contributed by atoms with Gasteiger partial charge in [-0.25, -0.2) is 4.79 Å². The second-order valence-electron chi connectivity index (χ2n) is 5.23. The van der Waals surface area contributed by atoms with Gasteiger partial charge in [-0.05, 0) is 25.4 Å². The lowest BCUT2D eigenvalue weighted by molar-refractivity contribution is -0.142. The van der Waals surface area contributed by atoms with E-state index in [-0.39, 0.29) is 24.5 Å². The minimum Gasteiger partial charge on any atom is -0.375 e. The molecule has 7 nitrogen and oxygen atoms in total. The Morgan fingerprint density at radius 2 is 2.24 bits per heavy atom. The Balaban J connectivity index is 1.91. The van der Waals surface area contributed by atoms with Gasteiger partial charge in [-0.2, -0.15) is 11.8 Å². The predicted molar refractivity (Wildman–Crippen MR) is 79.0 cm³/mol. The van der Waals surface area contributed by atoms with Crippen molar-refractivity contribution in [1.29, 1.82) is 0 Å². The van der Waals surface area contributed by atoms with E-state index in [0.29, 0.717) is 26.1 Å². The number of imide groups is 1. The van der Waals surface area contributed by atoms with E-state index >= 15 is 0 Å². The van der Waals surface area contributed by atoms with Gasteiger partial charge in [-0.15, -0.1) is 0 Å². The molecule has 2 atom stereocenters. The Bertz CT molecular complexity index is 432. The number of urea groups is 1. The molecule has 21 heavy (non-hydrogen) atoms. The third-order valence-corrected chi connectivity index (χ3v) is 4.25. The van der Waals surface area contributed by atoms with Crippen molar-refractivity contribution in [3.05, 3.63) is 0 Å². The lowest BCUT2D eigenvalue weighted by Gasteiger charge is -2.31. The number of carbonyl (C=O) groups excluding carboxylic acids is 3. The number of morpholine rings is 1. The average Bonchev–Trinajstić information content (AvgIpc) is 2.72. The topological polar surface area (TPSA) is 79.0 Å². The van der Waals surface area contributed by atoms with Gasteiger partial charge in [-0.3, -0.25) is 14.5 Å². The number of thioether (sulfide) groups is 1. The van der Waals surface area contributed by atoms with Gasteiger partial charge in [0.15, 0.2) is 0 Å². The monoisotopic (exact) mass is 315 g/mol. The van der Waals surface area contributed by atoms with E-state index in [4.69, 9.17) is 4.74 Å². The van der Waals surface area contributed by atoms with Gasteiger partial charge < -0.3 is 15.0 Å². The molecule has 2 heterocycles. The summed E-state index contributed by atoms with van der Waals surface area (Å²) < 4.78 is 5.38. The van der Waals surface area contributed by atoms with Crippen molar-refractivity contribution in [1.82, 2.24) is 15.1 Å². The van der Waals surface area contributed by atoms with E-state index in [9.17, 15) is 14.4 Å². The number of amides is 4. The molecule has 0 aromatic heterocycles. The SMILES string of the molecule is CSCCC1NC(=O)N(CC(=O)N2CCOC(C)C2)C1=O. The zero-order chi connectivity index (χ0) is 15.4. The van der Waals surface area contributed by atoms with Crippen molar-refractivity contribution in [3.8, 4) is 0 Å². The summed E-state index contributed by atoms with van der Waals surface area (Å²) in [5.41, 5.74) is 0. The van der Waals surface area contributed by atoms with Crippen LogP contribution in [0.25, 0.3) is 0 Å². The van der Waals surface area contributed by atoms with Gasteiger partial charge in [0, 0.05) is 13.1 Å². The molecule has 118 valence electrons. The number of hydrogen-bond acceptors (Lipinski definition) is 5. The number of nitrogens with one attached hydrogen (secondary N) is 1. The first-order chi connectivity index (χ1) is 10.0. The number of ether oxygens (including phenoxy) is 1. The van der Waals surface area contributed by atoms with Crippen LogP contribution in [0.15, 0.2) is 0 Å². The van der Waals surface area contributed by atoms with Crippen molar-refractivity contribution < 1.29 is 19.1 Å². The second-order valence-corrected chi connectivity index (χ2v) is 6.21. The van der Waals surface area contributed by atoms with Gasteiger partial charge in [0.2, 0.25) is 5.91 Å². The molecule has 0 spiro atoms. The van der Waals surface area contributed by atoms with Crippen LogP contribution in [-0.2, 0) is 14.3 Å². The van der Waals surface area contributed by atoms with Crippen molar-refractivity contribution in [3.63, 3.8) is 0 Å². The van der Waals surface area contributed by atoms with Gasteiger partial charge >= 0.3 is 6.03 Å². The molecule has 4 amide bonds. The van der Waals surface area contributed by atoms with Gasteiger partial charge in [0.25, 0.3) is 5.91 Å². The maximum absolute atomic E-state index is 12.2. The van der Waals surface area contributed by atoms with Crippen LogP contribution < -0.4 is 5.32 Å². The minimum atomic E-state index is -0.499. The second kappa shape index (κ2) is 7.13. The number of hydrogen-bond donors (Lipinski definition) is 1. The summed E-state index contributed by atoms with van der Waals surface area (Å²) in [5.74, 6) is 0.280. The molecule has 2 saturated heterocycles. The first-order valence-corrected chi connectivity index (χ1v) is 8.42. The Hall–Kier alpha value is -1.28. The molecule has 2 aliphatic heterocycles. The van der Waals surface area contributed by atoms with E-state index < -0.39 is 12.1 Å². The van der Waals surface area contributed by atoms with Crippen molar-refractivity contribution in [2.24, 2.45) is 0 Å². The largest absolute Gasteiger partial charge is 0.375 e. The van der Waals surface area contributed by atoms with Gasteiger partial charge in [-0.1, -0.05) is 0 Å². The molecule has 0 aromatic carbocycles. The molecule has 0 saturated carbocycles. The van der Waals surface area contributed by atoms with E-state index in [1.54, 1.807) is 16.7 Å². The van der Waals surface area contributed by atoms with Crippen molar-refractivity contribution in [2.45, 2.75) is 25.5 Å². The summed E-state index contributed by atoms with van der Waals surface area (Å²) >= 11 is 1.62. The fourth-order valence-electron chi connectivity index (χ4n) is 2.44. The summed E-state index contributed by atoms with van der Waals surface area (Å²) in [4.78, 5) is 38.8. The molecule has 2 aliphatic rings. The van der Waals surface area contributed by atoms with Crippen LogP contribution in [0.4, 0.5) is 4.79 Å². The predicted octanol–water partition coefficient (Wildman–Crippen LogP) is -0.0928. The molecule has 0 radical (unpaired) electrons. The zero-order valence-electron chi connectivity index (χ0n) is 12.3. The summed E-state index contributed by atoms with van der Waals surface area (Å²) in [5, 5.41) is 2.63. The molecule has 0 aromatic rings. The highest BCUT2D eigenvalue weighted by atomic mass is 32.2. The highest BCUT2D eigenvalue weighted by Gasteiger charge is 2.39. The normalized spacial score (nSPS) is 26.2. The number of rotatable bonds is 5. The quantitative estimate of drug-likeness (QED) is 0.717. The molecule has 1 N–H and O–H groups in total. The van der Waals surface area contributed by atoms with Crippen LogP contribution in [0.1, 0.15) is 13.3 Å². The summed E-state index contributed by atoms with van der Waals surface area (Å²) in [6, 6.07) is -0.970. The molecule has 0 bridgehead atoms. The Morgan fingerprint density at radius 3 is 2.90 bits per heavy atom.